The number of aromatic nitrogens is 1. The van der Waals surface area contributed by atoms with Crippen LogP contribution < -0.4 is 11.1 Å². The van der Waals surface area contributed by atoms with E-state index in [9.17, 15) is 4.79 Å². The number of hydrogen-bond donors (Lipinski definition) is 2. The molecule has 0 aliphatic rings. The third-order valence-electron chi connectivity index (χ3n) is 3.26. The summed E-state index contributed by atoms with van der Waals surface area (Å²) in [5, 5.41) is 3.05. The monoisotopic (exact) mass is 235 g/mol. The molecule has 0 saturated carbocycles. The zero-order chi connectivity index (χ0) is 12.9. The van der Waals surface area contributed by atoms with E-state index in [1.54, 1.807) is 18.3 Å². The molecule has 1 aromatic heterocycles. The fraction of sp³-hybridized carbons (Fsp3) is 0.538. The number of carbonyl (C=O) groups is 1. The van der Waals surface area contributed by atoms with Crippen molar-refractivity contribution in [3.05, 3.63) is 29.6 Å². The van der Waals surface area contributed by atoms with E-state index in [2.05, 4.69) is 31.1 Å². The lowest BCUT2D eigenvalue weighted by Crippen LogP contribution is -2.45. The molecular weight excluding hydrogens is 214 g/mol. The summed E-state index contributed by atoms with van der Waals surface area (Å²) in [6.07, 6.45) is 3.43. The average Bonchev–Trinajstić information content (AvgIpc) is 2.38. The van der Waals surface area contributed by atoms with E-state index < -0.39 is 0 Å². The number of nitrogens with one attached hydrogen (secondary N) is 1. The number of carbonyl (C=O) groups excluding carboxylic acids is 1. The molecule has 0 aromatic carbocycles. The SMILES string of the molecule is CCC(C)(CC)NC(=O)c1ccnc(CN)c1. The van der Waals surface area contributed by atoms with Crippen LogP contribution in [0.2, 0.25) is 0 Å². The molecule has 0 fully saturated rings. The van der Waals surface area contributed by atoms with Gasteiger partial charge in [0.05, 0.1) is 5.69 Å². The van der Waals surface area contributed by atoms with Gasteiger partial charge in [-0.1, -0.05) is 13.8 Å². The van der Waals surface area contributed by atoms with Gasteiger partial charge in [0.15, 0.2) is 0 Å². The summed E-state index contributed by atoms with van der Waals surface area (Å²) in [7, 11) is 0. The van der Waals surface area contributed by atoms with Crippen LogP contribution >= 0.6 is 0 Å². The Bertz CT molecular complexity index is 386. The van der Waals surface area contributed by atoms with E-state index in [0.717, 1.165) is 18.5 Å². The van der Waals surface area contributed by atoms with Gasteiger partial charge < -0.3 is 11.1 Å². The van der Waals surface area contributed by atoms with Crippen molar-refractivity contribution >= 4 is 5.91 Å². The van der Waals surface area contributed by atoms with E-state index in [0.29, 0.717) is 12.1 Å². The molecule has 4 heteroatoms. The molecule has 0 unspecified atom stereocenters. The molecule has 0 saturated heterocycles. The largest absolute Gasteiger partial charge is 0.347 e. The Balaban J connectivity index is 2.82. The normalized spacial score (nSPS) is 11.3. The number of rotatable bonds is 5. The topological polar surface area (TPSA) is 68.0 Å². The Kier molecular flexibility index (Phi) is 4.63. The molecule has 1 aromatic rings. The Hall–Kier alpha value is -1.42. The van der Waals surface area contributed by atoms with Crippen LogP contribution in [-0.4, -0.2) is 16.4 Å². The molecule has 3 N–H and O–H groups in total. The maximum absolute atomic E-state index is 12.1. The zero-order valence-corrected chi connectivity index (χ0v) is 10.8. The van der Waals surface area contributed by atoms with Crippen molar-refractivity contribution in [3.63, 3.8) is 0 Å². The van der Waals surface area contributed by atoms with Crippen LogP contribution in [0.3, 0.4) is 0 Å². The summed E-state index contributed by atoms with van der Waals surface area (Å²) in [5.74, 6) is -0.0618. The van der Waals surface area contributed by atoms with Gasteiger partial charge in [0.1, 0.15) is 0 Å². The van der Waals surface area contributed by atoms with E-state index >= 15 is 0 Å². The summed E-state index contributed by atoms with van der Waals surface area (Å²) in [5.41, 5.74) is 6.70. The number of nitrogens with zero attached hydrogens (tertiary/aromatic N) is 1. The molecular formula is C13H21N3O. The standard InChI is InChI=1S/C13H21N3O/c1-4-13(3,5-2)16-12(17)10-6-7-15-11(8-10)9-14/h6-8H,4-5,9,14H2,1-3H3,(H,16,17). The van der Waals surface area contributed by atoms with Crippen molar-refractivity contribution in [2.24, 2.45) is 5.73 Å². The third-order valence-corrected chi connectivity index (χ3v) is 3.26. The van der Waals surface area contributed by atoms with Gasteiger partial charge in [0.2, 0.25) is 0 Å². The Labute approximate surface area is 103 Å². The summed E-state index contributed by atoms with van der Waals surface area (Å²) in [4.78, 5) is 16.1. The fourth-order valence-corrected chi connectivity index (χ4v) is 1.50. The first-order valence-corrected chi connectivity index (χ1v) is 6.02. The fourth-order valence-electron chi connectivity index (χ4n) is 1.50. The van der Waals surface area contributed by atoms with Crippen molar-refractivity contribution in [2.45, 2.75) is 45.7 Å². The summed E-state index contributed by atoms with van der Waals surface area (Å²) in [6.45, 7) is 6.54. The predicted octanol–water partition coefficient (Wildman–Crippen LogP) is 1.85. The van der Waals surface area contributed by atoms with Crippen LogP contribution in [0.5, 0.6) is 0 Å². The number of nitrogens with two attached hydrogens (primary N) is 1. The Morgan fingerprint density at radius 3 is 2.65 bits per heavy atom. The highest BCUT2D eigenvalue weighted by Gasteiger charge is 2.22. The molecule has 17 heavy (non-hydrogen) atoms. The van der Waals surface area contributed by atoms with Crippen molar-refractivity contribution in [2.75, 3.05) is 0 Å². The smallest absolute Gasteiger partial charge is 0.251 e. The van der Waals surface area contributed by atoms with Crippen LogP contribution in [0.1, 0.15) is 49.7 Å². The van der Waals surface area contributed by atoms with Crippen LogP contribution in [0, 0.1) is 0 Å². The van der Waals surface area contributed by atoms with E-state index in [1.807, 2.05) is 0 Å². The predicted molar refractivity (Wildman–Crippen MR) is 68.6 cm³/mol. The molecule has 1 heterocycles. The molecule has 0 spiro atoms. The van der Waals surface area contributed by atoms with Crippen molar-refractivity contribution in [1.29, 1.82) is 0 Å². The Morgan fingerprint density at radius 1 is 1.47 bits per heavy atom. The first kappa shape index (κ1) is 13.6. The summed E-state index contributed by atoms with van der Waals surface area (Å²) >= 11 is 0. The zero-order valence-electron chi connectivity index (χ0n) is 10.8. The van der Waals surface area contributed by atoms with E-state index in [4.69, 9.17) is 5.73 Å². The van der Waals surface area contributed by atoms with Crippen LogP contribution in [0.15, 0.2) is 18.3 Å². The lowest BCUT2D eigenvalue weighted by Gasteiger charge is -2.28. The third kappa shape index (κ3) is 3.53. The maximum atomic E-state index is 12.1. The van der Waals surface area contributed by atoms with E-state index in [-0.39, 0.29) is 11.4 Å². The first-order chi connectivity index (χ1) is 8.04. The second-order valence-electron chi connectivity index (χ2n) is 4.46. The summed E-state index contributed by atoms with van der Waals surface area (Å²) < 4.78 is 0. The molecule has 94 valence electrons. The van der Waals surface area contributed by atoms with E-state index in [1.165, 1.54) is 0 Å². The van der Waals surface area contributed by atoms with Gasteiger partial charge in [-0.25, -0.2) is 0 Å². The van der Waals surface area contributed by atoms with Crippen molar-refractivity contribution in [1.82, 2.24) is 10.3 Å². The highest BCUT2D eigenvalue weighted by atomic mass is 16.1. The van der Waals surface area contributed by atoms with Crippen molar-refractivity contribution in [3.8, 4) is 0 Å². The molecule has 0 radical (unpaired) electrons. The van der Waals surface area contributed by atoms with Crippen molar-refractivity contribution < 1.29 is 4.79 Å². The molecule has 0 aliphatic carbocycles. The van der Waals surface area contributed by atoms with Gasteiger partial charge in [-0.3, -0.25) is 9.78 Å². The molecule has 1 amide bonds. The van der Waals surface area contributed by atoms with Gasteiger partial charge in [-0.05, 0) is 31.9 Å². The number of amides is 1. The quantitative estimate of drug-likeness (QED) is 0.818. The minimum Gasteiger partial charge on any atom is -0.347 e. The molecule has 4 nitrogen and oxygen atoms in total. The van der Waals surface area contributed by atoms with Gasteiger partial charge in [-0.15, -0.1) is 0 Å². The minimum atomic E-state index is -0.150. The van der Waals surface area contributed by atoms with Crippen LogP contribution in [-0.2, 0) is 6.54 Å². The van der Waals surface area contributed by atoms with Gasteiger partial charge in [0, 0.05) is 23.8 Å². The molecule has 0 aliphatic heterocycles. The lowest BCUT2D eigenvalue weighted by atomic mass is 9.95. The highest BCUT2D eigenvalue weighted by Crippen LogP contribution is 2.14. The maximum Gasteiger partial charge on any atom is 0.251 e. The molecule has 0 atom stereocenters. The van der Waals surface area contributed by atoms with Gasteiger partial charge >= 0.3 is 0 Å². The minimum absolute atomic E-state index is 0.0618. The van der Waals surface area contributed by atoms with Crippen LogP contribution in [0.4, 0.5) is 0 Å². The highest BCUT2D eigenvalue weighted by molar-refractivity contribution is 5.94. The first-order valence-electron chi connectivity index (χ1n) is 6.02. The molecule has 0 bridgehead atoms. The van der Waals surface area contributed by atoms with Gasteiger partial charge in [-0.2, -0.15) is 0 Å². The van der Waals surface area contributed by atoms with Gasteiger partial charge in [0.25, 0.3) is 5.91 Å². The molecule has 1 rings (SSSR count). The average molecular weight is 235 g/mol. The summed E-state index contributed by atoms with van der Waals surface area (Å²) in [6, 6.07) is 3.45. The number of hydrogen-bond acceptors (Lipinski definition) is 3. The second kappa shape index (κ2) is 5.77. The second-order valence-corrected chi connectivity index (χ2v) is 4.46. The number of pyridine rings is 1. The lowest BCUT2D eigenvalue weighted by molar-refractivity contribution is 0.0901. The Morgan fingerprint density at radius 2 is 2.12 bits per heavy atom. The van der Waals surface area contributed by atoms with Crippen LogP contribution in [0.25, 0.3) is 0 Å².